The van der Waals surface area contributed by atoms with Crippen molar-refractivity contribution in [2.75, 3.05) is 19.8 Å². The van der Waals surface area contributed by atoms with Gasteiger partial charge >= 0.3 is 0 Å². The topological polar surface area (TPSA) is 38.7 Å². The number of aliphatic hydroxyl groups is 1. The molecule has 2 rings (SSSR count). The van der Waals surface area contributed by atoms with Gasteiger partial charge < -0.3 is 14.6 Å². The van der Waals surface area contributed by atoms with Crippen LogP contribution in [0.1, 0.15) is 37.3 Å². The van der Waals surface area contributed by atoms with Gasteiger partial charge in [-0.15, -0.1) is 0 Å². The van der Waals surface area contributed by atoms with Gasteiger partial charge in [0.2, 0.25) is 0 Å². The zero-order valence-electron chi connectivity index (χ0n) is 11.0. The van der Waals surface area contributed by atoms with E-state index in [1.807, 2.05) is 0 Å². The Morgan fingerprint density at radius 3 is 2.39 bits per heavy atom. The second kappa shape index (κ2) is 6.32. The summed E-state index contributed by atoms with van der Waals surface area (Å²) in [6.45, 7) is 3.60. The highest BCUT2D eigenvalue weighted by atomic mass is 16.7. The maximum Gasteiger partial charge on any atom is 0.195 e. The van der Waals surface area contributed by atoms with Gasteiger partial charge in [-0.1, -0.05) is 37.6 Å². The number of aryl methyl sites for hydroxylation is 1. The molecule has 0 radical (unpaired) electrons. The van der Waals surface area contributed by atoms with E-state index in [0.29, 0.717) is 26.1 Å². The van der Waals surface area contributed by atoms with Crippen molar-refractivity contribution in [1.29, 1.82) is 0 Å². The lowest BCUT2D eigenvalue weighted by molar-refractivity contribution is -0.172. The molecule has 1 N–H and O–H groups in total. The molecule has 0 aromatic heterocycles. The second-order valence-corrected chi connectivity index (χ2v) is 4.72. The average Bonchev–Trinajstić information content (AvgIpc) is 2.88. The molecule has 0 saturated carbocycles. The number of hydrogen-bond donors (Lipinski definition) is 1. The molecule has 1 fully saturated rings. The lowest BCUT2D eigenvalue weighted by Crippen LogP contribution is -2.27. The van der Waals surface area contributed by atoms with Crippen LogP contribution in [0.25, 0.3) is 0 Å². The maximum atomic E-state index is 8.99. The third-order valence-electron chi connectivity index (χ3n) is 3.35. The molecule has 1 heterocycles. The van der Waals surface area contributed by atoms with Crippen LogP contribution in [0.3, 0.4) is 0 Å². The van der Waals surface area contributed by atoms with Gasteiger partial charge in [0.05, 0.1) is 13.2 Å². The highest BCUT2D eigenvalue weighted by Gasteiger charge is 2.37. The van der Waals surface area contributed by atoms with E-state index in [0.717, 1.165) is 18.4 Å². The smallest absolute Gasteiger partial charge is 0.195 e. The minimum atomic E-state index is -0.631. The predicted octanol–water partition coefficient (Wildman–Crippen LogP) is 2.61. The van der Waals surface area contributed by atoms with Crippen molar-refractivity contribution in [3.63, 3.8) is 0 Å². The molecule has 0 atom stereocenters. The monoisotopic (exact) mass is 250 g/mol. The zero-order chi connectivity index (χ0) is 12.8. The second-order valence-electron chi connectivity index (χ2n) is 4.72. The van der Waals surface area contributed by atoms with Crippen LogP contribution >= 0.6 is 0 Å². The van der Waals surface area contributed by atoms with E-state index in [2.05, 4.69) is 31.2 Å². The van der Waals surface area contributed by atoms with E-state index in [-0.39, 0.29) is 6.61 Å². The quantitative estimate of drug-likeness (QED) is 0.843. The molecule has 0 aliphatic carbocycles. The Balaban J connectivity index is 2.14. The van der Waals surface area contributed by atoms with Crippen LogP contribution in [-0.2, 0) is 21.7 Å². The molecule has 0 unspecified atom stereocenters. The molecule has 1 saturated heterocycles. The average molecular weight is 250 g/mol. The summed E-state index contributed by atoms with van der Waals surface area (Å²) in [4.78, 5) is 0. The van der Waals surface area contributed by atoms with Gasteiger partial charge in [-0.25, -0.2) is 0 Å². The van der Waals surface area contributed by atoms with Gasteiger partial charge in [-0.3, -0.25) is 0 Å². The van der Waals surface area contributed by atoms with Crippen LogP contribution in [0.2, 0.25) is 0 Å². The van der Waals surface area contributed by atoms with Crippen molar-refractivity contribution in [1.82, 2.24) is 0 Å². The SMILES string of the molecule is CCCc1ccc(C2(CCCO)OCCO2)cc1. The number of hydrogen-bond acceptors (Lipinski definition) is 3. The fourth-order valence-electron chi connectivity index (χ4n) is 2.44. The Bertz CT molecular complexity index is 353. The van der Waals surface area contributed by atoms with E-state index in [1.54, 1.807) is 0 Å². The number of ether oxygens (including phenoxy) is 2. The summed E-state index contributed by atoms with van der Waals surface area (Å²) in [5, 5.41) is 8.99. The summed E-state index contributed by atoms with van der Waals surface area (Å²) in [5.74, 6) is -0.631. The number of aliphatic hydroxyl groups excluding tert-OH is 1. The van der Waals surface area contributed by atoms with Crippen molar-refractivity contribution < 1.29 is 14.6 Å². The molecule has 1 aromatic carbocycles. The Kier molecular flexibility index (Phi) is 4.75. The minimum absolute atomic E-state index is 0.169. The molecule has 0 bridgehead atoms. The van der Waals surface area contributed by atoms with Crippen molar-refractivity contribution >= 4 is 0 Å². The summed E-state index contributed by atoms with van der Waals surface area (Å²) in [7, 11) is 0. The van der Waals surface area contributed by atoms with Crippen LogP contribution in [-0.4, -0.2) is 24.9 Å². The van der Waals surface area contributed by atoms with Crippen LogP contribution in [0.4, 0.5) is 0 Å². The molecule has 3 nitrogen and oxygen atoms in total. The van der Waals surface area contributed by atoms with Crippen LogP contribution in [0.15, 0.2) is 24.3 Å². The van der Waals surface area contributed by atoms with Crippen molar-refractivity contribution in [2.24, 2.45) is 0 Å². The molecule has 3 heteroatoms. The molecule has 1 aliphatic rings. The first-order valence-corrected chi connectivity index (χ1v) is 6.79. The van der Waals surface area contributed by atoms with Gasteiger partial charge in [0, 0.05) is 18.6 Å². The van der Waals surface area contributed by atoms with Crippen LogP contribution < -0.4 is 0 Å². The zero-order valence-corrected chi connectivity index (χ0v) is 11.0. The van der Waals surface area contributed by atoms with Crippen molar-refractivity contribution in [2.45, 2.75) is 38.4 Å². The summed E-state index contributed by atoms with van der Waals surface area (Å²) < 4.78 is 11.6. The highest BCUT2D eigenvalue weighted by molar-refractivity contribution is 5.26. The molecular weight excluding hydrogens is 228 g/mol. The highest BCUT2D eigenvalue weighted by Crippen LogP contribution is 2.36. The Hall–Kier alpha value is -0.900. The van der Waals surface area contributed by atoms with E-state index in [4.69, 9.17) is 14.6 Å². The normalized spacial score (nSPS) is 18.1. The van der Waals surface area contributed by atoms with Crippen molar-refractivity contribution in [3.05, 3.63) is 35.4 Å². The lowest BCUT2D eigenvalue weighted by atomic mass is 9.98. The Morgan fingerprint density at radius 2 is 1.83 bits per heavy atom. The summed E-state index contributed by atoms with van der Waals surface area (Å²) >= 11 is 0. The van der Waals surface area contributed by atoms with Gasteiger partial charge in [-0.05, 0) is 18.4 Å². The summed E-state index contributed by atoms with van der Waals surface area (Å²) in [5.41, 5.74) is 2.41. The summed E-state index contributed by atoms with van der Waals surface area (Å²) in [6.07, 6.45) is 3.65. The first kappa shape index (κ1) is 13.5. The molecule has 100 valence electrons. The standard InChI is InChI=1S/C15H22O3/c1-2-4-13-5-7-14(8-6-13)15(9-3-10-16)17-11-12-18-15/h5-8,16H,2-4,9-12H2,1H3. The van der Waals surface area contributed by atoms with E-state index >= 15 is 0 Å². The first-order valence-electron chi connectivity index (χ1n) is 6.79. The molecular formula is C15H22O3. The predicted molar refractivity (Wildman–Crippen MR) is 70.3 cm³/mol. The fraction of sp³-hybridized carbons (Fsp3) is 0.600. The molecule has 0 spiro atoms. The Morgan fingerprint density at radius 1 is 1.17 bits per heavy atom. The molecule has 18 heavy (non-hydrogen) atoms. The van der Waals surface area contributed by atoms with Gasteiger partial charge in [0.15, 0.2) is 5.79 Å². The van der Waals surface area contributed by atoms with Gasteiger partial charge in [0.25, 0.3) is 0 Å². The van der Waals surface area contributed by atoms with E-state index in [1.165, 1.54) is 5.56 Å². The summed E-state index contributed by atoms with van der Waals surface area (Å²) in [6, 6.07) is 8.47. The van der Waals surface area contributed by atoms with E-state index in [9.17, 15) is 0 Å². The van der Waals surface area contributed by atoms with Crippen LogP contribution in [0, 0.1) is 0 Å². The van der Waals surface area contributed by atoms with Gasteiger partial charge in [-0.2, -0.15) is 0 Å². The number of benzene rings is 1. The first-order chi connectivity index (χ1) is 8.80. The third-order valence-corrected chi connectivity index (χ3v) is 3.35. The molecule has 1 aliphatic heterocycles. The van der Waals surface area contributed by atoms with E-state index < -0.39 is 5.79 Å². The van der Waals surface area contributed by atoms with Crippen molar-refractivity contribution in [3.8, 4) is 0 Å². The third kappa shape index (κ3) is 2.91. The molecule has 1 aromatic rings. The van der Waals surface area contributed by atoms with Crippen LogP contribution in [0.5, 0.6) is 0 Å². The molecule has 0 amide bonds. The number of rotatable bonds is 6. The Labute approximate surface area is 109 Å². The maximum absolute atomic E-state index is 8.99. The fourth-order valence-corrected chi connectivity index (χ4v) is 2.44. The largest absolute Gasteiger partial charge is 0.396 e. The van der Waals surface area contributed by atoms with Gasteiger partial charge in [0.1, 0.15) is 0 Å². The minimum Gasteiger partial charge on any atom is -0.396 e. The lowest BCUT2D eigenvalue weighted by Gasteiger charge is -2.27.